The lowest BCUT2D eigenvalue weighted by Gasteiger charge is -2.30. The Morgan fingerprint density at radius 2 is 1.91 bits per heavy atom. The van der Waals surface area contributed by atoms with Crippen LogP contribution in [0.15, 0.2) is 80.5 Å². The molecule has 5 rings (SSSR count). The summed E-state index contributed by atoms with van der Waals surface area (Å²) >= 11 is 6.50. The van der Waals surface area contributed by atoms with Crippen LogP contribution in [0.5, 0.6) is 0 Å². The quantitative estimate of drug-likeness (QED) is 0.308. The lowest BCUT2D eigenvalue weighted by atomic mass is 10.0. The second kappa shape index (κ2) is 8.65. The highest BCUT2D eigenvalue weighted by Gasteiger charge is 2.45. The number of thiophene rings is 1. The van der Waals surface area contributed by atoms with Crippen LogP contribution >= 0.6 is 39.0 Å². The van der Waals surface area contributed by atoms with Crippen molar-refractivity contribution in [3.63, 3.8) is 0 Å². The van der Waals surface area contributed by atoms with Crippen molar-refractivity contribution in [2.24, 2.45) is 0 Å². The number of hydrogen-bond donors (Lipinski definition) is 1. The van der Waals surface area contributed by atoms with Crippen molar-refractivity contribution in [1.29, 1.82) is 0 Å². The number of aromatic amines is 1. The van der Waals surface area contributed by atoms with Gasteiger partial charge in [0.15, 0.2) is 0 Å². The molecule has 1 N–H and O–H groups in total. The van der Waals surface area contributed by atoms with E-state index in [1.54, 1.807) is 9.58 Å². The number of anilines is 1. The zero-order valence-corrected chi connectivity index (χ0v) is 20.2. The summed E-state index contributed by atoms with van der Waals surface area (Å²) in [4.78, 5) is 31.7. The van der Waals surface area contributed by atoms with E-state index in [2.05, 4.69) is 20.9 Å². The average molecular weight is 526 g/mol. The summed E-state index contributed by atoms with van der Waals surface area (Å²) in [5.74, 6) is 0.552. The maximum absolute atomic E-state index is 13.3. The van der Waals surface area contributed by atoms with Gasteiger partial charge in [0.25, 0.3) is 0 Å². The van der Waals surface area contributed by atoms with E-state index in [1.807, 2.05) is 66.7 Å². The van der Waals surface area contributed by atoms with E-state index in [4.69, 9.17) is 5.10 Å². The summed E-state index contributed by atoms with van der Waals surface area (Å²) in [5, 5.41) is 5.31. The molecule has 1 aliphatic rings. The van der Waals surface area contributed by atoms with Crippen LogP contribution < -0.4 is 15.1 Å². The van der Waals surface area contributed by atoms with Gasteiger partial charge in [-0.25, -0.2) is 4.90 Å². The van der Waals surface area contributed by atoms with Gasteiger partial charge in [-0.3, -0.25) is 14.6 Å². The van der Waals surface area contributed by atoms with Gasteiger partial charge in [-0.1, -0.05) is 54.2 Å². The van der Waals surface area contributed by atoms with E-state index in [9.17, 15) is 9.59 Å². The standard InChI is InChI=1S/C23H17BrN4O2S2/c1-14(29)27-17-10-6-5-9-16(17)20-21(30)25-23(31-13-15-7-3-2-4-8-15)26-28(20)22(27)18-11-12-19(24)32-18/h2-12,22H,13H2,1H3/p+1/t22-/m0/s1. The Kier molecular flexibility index (Phi) is 5.71. The van der Waals surface area contributed by atoms with Crippen molar-refractivity contribution in [3.05, 3.63) is 91.3 Å². The molecule has 0 saturated carbocycles. The number of carbonyl (C=O) groups is 1. The molecule has 1 amide bonds. The number of halogens is 1. The highest BCUT2D eigenvalue weighted by molar-refractivity contribution is 9.11. The van der Waals surface area contributed by atoms with Crippen molar-refractivity contribution in [3.8, 4) is 11.3 Å². The Morgan fingerprint density at radius 1 is 1.16 bits per heavy atom. The van der Waals surface area contributed by atoms with Crippen LogP contribution in [-0.4, -0.2) is 16.0 Å². The number of fused-ring (bicyclic) bond motifs is 3. The molecule has 2 aromatic carbocycles. The molecule has 4 aromatic rings. The maximum Gasteiger partial charge on any atom is 0.325 e. The fraction of sp³-hybridized carbons (Fsp3) is 0.130. The first-order chi connectivity index (χ1) is 15.5. The summed E-state index contributed by atoms with van der Waals surface area (Å²) in [6.45, 7) is 1.54. The first kappa shape index (κ1) is 21.1. The fourth-order valence-electron chi connectivity index (χ4n) is 3.83. The first-order valence-electron chi connectivity index (χ1n) is 9.90. The zero-order valence-electron chi connectivity index (χ0n) is 17.0. The third-order valence-electron chi connectivity index (χ3n) is 5.16. The molecule has 2 aromatic heterocycles. The third-order valence-corrected chi connectivity index (χ3v) is 7.76. The summed E-state index contributed by atoms with van der Waals surface area (Å²) < 4.78 is 2.63. The number of rotatable bonds is 4. The summed E-state index contributed by atoms with van der Waals surface area (Å²) in [6.07, 6.45) is -0.549. The van der Waals surface area contributed by atoms with Gasteiger partial charge in [-0.05, 0) is 50.4 Å². The lowest BCUT2D eigenvalue weighted by molar-refractivity contribution is -0.762. The Labute approximate surface area is 201 Å². The van der Waals surface area contributed by atoms with Crippen LogP contribution in [-0.2, 0) is 10.5 Å². The van der Waals surface area contributed by atoms with E-state index in [0.717, 1.165) is 14.2 Å². The Balaban J connectivity index is 1.68. The normalized spacial score (nSPS) is 14.7. The monoisotopic (exact) mass is 525 g/mol. The van der Waals surface area contributed by atoms with E-state index in [1.165, 1.54) is 30.0 Å². The van der Waals surface area contributed by atoms with Crippen LogP contribution in [0.3, 0.4) is 0 Å². The summed E-state index contributed by atoms with van der Waals surface area (Å²) in [5.41, 5.74) is 2.73. The third kappa shape index (κ3) is 3.80. The van der Waals surface area contributed by atoms with E-state index >= 15 is 0 Å². The number of thioether (sulfide) groups is 1. The SMILES string of the molecule is CC(=O)N1c2ccccc2-c2c(=O)[nH]c(SCc3ccccc3)n[n+]2[C@H]1c1ccc(Br)s1. The number of hydrogen-bond acceptors (Lipinski definition) is 5. The maximum atomic E-state index is 13.3. The lowest BCUT2D eigenvalue weighted by Crippen LogP contribution is -2.60. The number of aromatic nitrogens is 3. The van der Waals surface area contributed by atoms with E-state index < -0.39 is 6.17 Å². The molecule has 1 aliphatic heterocycles. The molecule has 0 radical (unpaired) electrons. The van der Waals surface area contributed by atoms with Crippen molar-refractivity contribution in [2.45, 2.75) is 24.0 Å². The van der Waals surface area contributed by atoms with Crippen LogP contribution in [0.2, 0.25) is 0 Å². The van der Waals surface area contributed by atoms with Crippen molar-refractivity contribution >= 4 is 50.6 Å². The second-order valence-electron chi connectivity index (χ2n) is 7.25. The molecule has 0 spiro atoms. The molecular formula is C23H18BrN4O2S2+. The van der Waals surface area contributed by atoms with Gasteiger partial charge < -0.3 is 0 Å². The van der Waals surface area contributed by atoms with E-state index in [-0.39, 0.29) is 11.5 Å². The van der Waals surface area contributed by atoms with E-state index in [0.29, 0.717) is 27.9 Å². The number of H-pyrrole nitrogens is 1. The number of nitrogens with zero attached hydrogens (tertiary/aromatic N) is 3. The molecule has 1 atom stereocenters. The highest BCUT2D eigenvalue weighted by atomic mass is 79.9. The molecule has 0 saturated heterocycles. The van der Waals surface area contributed by atoms with Gasteiger partial charge >= 0.3 is 17.4 Å². The second-order valence-corrected chi connectivity index (χ2v) is 10.7. The smallest absolute Gasteiger partial charge is 0.291 e. The van der Waals surface area contributed by atoms with Gasteiger partial charge in [-0.2, -0.15) is 0 Å². The highest BCUT2D eigenvalue weighted by Crippen LogP contribution is 2.39. The van der Waals surface area contributed by atoms with Gasteiger partial charge in [0.05, 0.1) is 19.9 Å². The Hall–Kier alpha value is -2.75. The molecular weight excluding hydrogens is 508 g/mol. The van der Waals surface area contributed by atoms with Crippen LogP contribution in [0, 0.1) is 0 Å². The number of amides is 1. The summed E-state index contributed by atoms with van der Waals surface area (Å²) in [7, 11) is 0. The van der Waals surface area contributed by atoms with Crippen molar-refractivity contribution in [2.75, 3.05) is 4.90 Å². The minimum Gasteiger partial charge on any atom is -0.291 e. The number of carbonyl (C=O) groups excluding carboxylic acids is 1. The number of nitrogens with one attached hydrogen (secondary N) is 1. The Morgan fingerprint density at radius 3 is 2.62 bits per heavy atom. The van der Waals surface area contributed by atoms with Crippen molar-refractivity contribution < 1.29 is 9.48 Å². The molecule has 160 valence electrons. The minimum absolute atomic E-state index is 0.120. The van der Waals surface area contributed by atoms with Gasteiger partial charge in [0.1, 0.15) is 0 Å². The molecule has 9 heteroatoms. The topological polar surface area (TPSA) is 69.9 Å². The molecule has 6 nitrogen and oxygen atoms in total. The van der Waals surface area contributed by atoms with Crippen LogP contribution in [0.4, 0.5) is 5.69 Å². The number of benzene rings is 2. The predicted molar refractivity (Wildman–Crippen MR) is 130 cm³/mol. The minimum atomic E-state index is -0.549. The van der Waals surface area contributed by atoms with Gasteiger partial charge in [0, 0.05) is 17.8 Å². The molecule has 32 heavy (non-hydrogen) atoms. The van der Waals surface area contributed by atoms with Gasteiger partial charge in [0.2, 0.25) is 11.1 Å². The first-order valence-corrected chi connectivity index (χ1v) is 12.5. The zero-order chi connectivity index (χ0) is 22.2. The van der Waals surface area contributed by atoms with Crippen LogP contribution in [0.25, 0.3) is 11.3 Å². The fourth-order valence-corrected chi connectivity index (χ4v) is 6.14. The van der Waals surface area contributed by atoms with Crippen molar-refractivity contribution in [1.82, 2.24) is 10.1 Å². The molecule has 0 aliphatic carbocycles. The molecule has 0 bridgehead atoms. The molecule has 0 fully saturated rings. The van der Waals surface area contributed by atoms with Gasteiger partial charge in [-0.15, -0.1) is 11.3 Å². The average Bonchev–Trinajstić information content (AvgIpc) is 3.22. The predicted octanol–water partition coefficient (Wildman–Crippen LogP) is 4.75. The molecule has 3 heterocycles. The largest absolute Gasteiger partial charge is 0.325 e. The summed E-state index contributed by atoms with van der Waals surface area (Å²) in [6, 6.07) is 21.4. The number of para-hydroxylation sites is 1. The van der Waals surface area contributed by atoms with Crippen LogP contribution in [0.1, 0.15) is 23.5 Å². The Bertz CT molecular complexity index is 1370. The molecule has 0 unspecified atom stereocenters.